The predicted molar refractivity (Wildman–Crippen MR) is 80.5 cm³/mol. The molecule has 0 saturated heterocycles. The first-order valence-electron chi connectivity index (χ1n) is 8.03. The highest BCUT2D eigenvalue weighted by Gasteiger charge is 2.40. The first-order valence-corrected chi connectivity index (χ1v) is 8.03. The fourth-order valence-electron chi connectivity index (χ4n) is 3.24. The van der Waals surface area contributed by atoms with Gasteiger partial charge in [-0.15, -0.1) is 0 Å². The molecule has 0 bridgehead atoms. The Morgan fingerprint density at radius 2 is 1.80 bits per heavy atom. The first-order chi connectivity index (χ1) is 9.55. The number of aliphatic hydroxyl groups is 1. The molecule has 0 heterocycles. The molecule has 2 N–H and O–H groups in total. The molecule has 0 spiro atoms. The Bertz CT molecular complexity index is 279. The molecule has 0 aromatic carbocycles. The summed E-state index contributed by atoms with van der Waals surface area (Å²) < 4.78 is 5.25. The number of ketones is 1. The third-order valence-corrected chi connectivity index (χ3v) is 4.63. The minimum absolute atomic E-state index is 0.00418. The predicted octanol–water partition coefficient (Wildman–Crippen LogP) is 2.50. The van der Waals surface area contributed by atoms with E-state index >= 15 is 0 Å². The topological polar surface area (TPSA) is 58.6 Å². The molecule has 2 atom stereocenters. The van der Waals surface area contributed by atoms with E-state index in [2.05, 4.69) is 19.2 Å². The average molecular weight is 285 g/mol. The van der Waals surface area contributed by atoms with Gasteiger partial charge in [0.2, 0.25) is 0 Å². The van der Waals surface area contributed by atoms with E-state index in [1.54, 1.807) is 7.05 Å². The van der Waals surface area contributed by atoms with Gasteiger partial charge in [0, 0.05) is 0 Å². The molecule has 118 valence electrons. The minimum atomic E-state index is -1.19. The second-order valence-corrected chi connectivity index (χ2v) is 6.19. The number of ether oxygens (including phenoxy) is 1. The number of Topliss-reactive ketones (excluding diaryl/α,β-unsaturated/α-hetero) is 1. The van der Waals surface area contributed by atoms with Crippen molar-refractivity contribution < 1.29 is 14.6 Å². The van der Waals surface area contributed by atoms with Crippen molar-refractivity contribution in [1.29, 1.82) is 0 Å². The quantitative estimate of drug-likeness (QED) is 0.557. The van der Waals surface area contributed by atoms with Gasteiger partial charge in [-0.1, -0.05) is 46.0 Å². The van der Waals surface area contributed by atoms with Crippen LogP contribution in [0.2, 0.25) is 0 Å². The second kappa shape index (κ2) is 8.75. The molecule has 1 aliphatic rings. The molecule has 20 heavy (non-hydrogen) atoms. The maximum Gasteiger partial charge on any atom is 0.189 e. The Hall–Kier alpha value is -0.450. The molecule has 0 aromatic rings. The fourth-order valence-corrected chi connectivity index (χ4v) is 3.24. The van der Waals surface area contributed by atoms with Crippen LogP contribution in [0.15, 0.2) is 0 Å². The molecule has 1 aliphatic carbocycles. The average Bonchev–Trinajstić information content (AvgIpc) is 2.42. The Labute approximate surface area is 123 Å². The summed E-state index contributed by atoms with van der Waals surface area (Å²) in [7, 11) is 1.77. The smallest absolute Gasteiger partial charge is 0.189 e. The van der Waals surface area contributed by atoms with Crippen molar-refractivity contribution >= 4 is 5.78 Å². The van der Waals surface area contributed by atoms with Crippen LogP contribution in [0.25, 0.3) is 0 Å². The highest BCUT2D eigenvalue weighted by Crippen LogP contribution is 2.36. The summed E-state index contributed by atoms with van der Waals surface area (Å²) in [5.74, 6) is 0.753. The van der Waals surface area contributed by atoms with Gasteiger partial charge < -0.3 is 9.84 Å². The van der Waals surface area contributed by atoms with Crippen LogP contribution >= 0.6 is 0 Å². The summed E-state index contributed by atoms with van der Waals surface area (Å²) in [4.78, 5) is 12.4. The number of hydrogen-bond donors (Lipinski definition) is 2. The zero-order valence-electron chi connectivity index (χ0n) is 13.3. The Balaban J connectivity index is 2.72. The Morgan fingerprint density at radius 3 is 2.25 bits per heavy atom. The van der Waals surface area contributed by atoms with E-state index in [0.717, 1.165) is 25.7 Å². The number of hydrogen-bond acceptors (Lipinski definition) is 4. The molecule has 1 fully saturated rings. The molecule has 0 amide bonds. The molecule has 0 radical (unpaired) electrons. The van der Waals surface area contributed by atoms with E-state index < -0.39 is 5.60 Å². The van der Waals surface area contributed by atoms with Crippen molar-refractivity contribution in [2.75, 3.05) is 20.4 Å². The standard InChI is InChI=1S/C16H31NO3/c1-4-13-7-6-8-14(5-2)10-16(19,9-13)15(18)11-20-12-17-3/h13-14,17,19H,4-12H2,1-3H3. The molecular weight excluding hydrogens is 254 g/mol. The molecule has 1 saturated carbocycles. The van der Waals surface area contributed by atoms with Gasteiger partial charge in [-0.3, -0.25) is 10.1 Å². The monoisotopic (exact) mass is 285 g/mol. The summed E-state index contributed by atoms with van der Waals surface area (Å²) in [5.41, 5.74) is -1.19. The lowest BCUT2D eigenvalue weighted by Crippen LogP contribution is -2.45. The van der Waals surface area contributed by atoms with Crippen LogP contribution in [0.4, 0.5) is 0 Å². The van der Waals surface area contributed by atoms with Gasteiger partial charge in [0.1, 0.15) is 12.2 Å². The molecule has 1 rings (SSSR count). The highest BCUT2D eigenvalue weighted by atomic mass is 16.5. The zero-order valence-corrected chi connectivity index (χ0v) is 13.3. The Kier molecular flexibility index (Phi) is 7.70. The molecular formula is C16H31NO3. The van der Waals surface area contributed by atoms with E-state index in [1.165, 1.54) is 6.42 Å². The van der Waals surface area contributed by atoms with Crippen molar-refractivity contribution in [3.8, 4) is 0 Å². The maximum atomic E-state index is 12.4. The lowest BCUT2D eigenvalue weighted by Gasteiger charge is -2.36. The molecule has 4 heteroatoms. The van der Waals surface area contributed by atoms with Gasteiger partial charge in [-0.2, -0.15) is 0 Å². The lowest BCUT2D eigenvalue weighted by molar-refractivity contribution is -0.147. The van der Waals surface area contributed by atoms with Crippen molar-refractivity contribution in [2.45, 2.75) is 64.4 Å². The van der Waals surface area contributed by atoms with Crippen LogP contribution in [0, 0.1) is 11.8 Å². The Morgan fingerprint density at radius 1 is 1.25 bits per heavy atom. The van der Waals surface area contributed by atoms with Gasteiger partial charge in [-0.25, -0.2) is 0 Å². The third kappa shape index (κ3) is 5.15. The fraction of sp³-hybridized carbons (Fsp3) is 0.938. The lowest BCUT2D eigenvalue weighted by atomic mass is 9.73. The second-order valence-electron chi connectivity index (χ2n) is 6.19. The summed E-state index contributed by atoms with van der Waals surface area (Å²) in [6, 6.07) is 0. The van der Waals surface area contributed by atoms with Gasteiger partial charge in [-0.05, 0) is 31.7 Å². The van der Waals surface area contributed by atoms with Crippen LogP contribution < -0.4 is 5.32 Å². The number of rotatable bonds is 7. The van der Waals surface area contributed by atoms with Gasteiger partial charge in [0.05, 0.1) is 6.73 Å². The SMILES string of the molecule is CCC1CCCC(CC)CC(O)(C(=O)COCNC)C1. The maximum absolute atomic E-state index is 12.4. The number of nitrogens with one attached hydrogen (secondary N) is 1. The summed E-state index contributed by atoms with van der Waals surface area (Å²) in [6.45, 7) is 4.64. The van der Waals surface area contributed by atoms with Gasteiger partial charge in [0.25, 0.3) is 0 Å². The van der Waals surface area contributed by atoms with E-state index in [4.69, 9.17) is 4.74 Å². The summed E-state index contributed by atoms with van der Waals surface area (Å²) in [5, 5.41) is 13.7. The van der Waals surface area contributed by atoms with Crippen molar-refractivity contribution in [1.82, 2.24) is 5.32 Å². The first kappa shape index (κ1) is 17.6. The van der Waals surface area contributed by atoms with E-state index in [0.29, 0.717) is 31.4 Å². The number of carbonyl (C=O) groups excluding carboxylic acids is 1. The highest BCUT2D eigenvalue weighted by molar-refractivity contribution is 5.88. The molecule has 4 nitrogen and oxygen atoms in total. The van der Waals surface area contributed by atoms with Crippen LogP contribution in [-0.2, 0) is 9.53 Å². The third-order valence-electron chi connectivity index (χ3n) is 4.63. The van der Waals surface area contributed by atoms with Crippen LogP contribution in [0.5, 0.6) is 0 Å². The summed E-state index contributed by atoms with van der Waals surface area (Å²) >= 11 is 0. The van der Waals surface area contributed by atoms with Crippen molar-refractivity contribution in [3.05, 3.63) is 0 Å². The van der Waals surface area contributed by atoms with E-state index in [9.17, 15) is 9.90 Å². The van der Waals surface area contributed by atoms with E-state index in [1.807, 2.05) is 0 Å². The van der Waals surface area contributed by atoms with E-state index in [-0.39, 0.29) is 12.4 Å². The number of carbonyl (C=O) groups is 1. The summed E-state index contributed by atoms with van der Waals surface area (Å²) in [6.07, 6.45) is 6.73. The molecule has 0 aromatic heterocycles. The van der Waals surface area contributed by atoms with Crippen LogP contribution in [0.3, 0.4) is 0 Å². The van der Waals surface area contributed by atoms with Crippen LogP contribution in [-0.4, -0.2) is 36.9 Å². The van der Waals surface area contributed by atoms with Gasteiger partial charge >= 0.3 is 0 Å². The zero-order chi connectivity index (χ0) is 15.0. The van der Waals surface area contributed by atoms with Crippen molar-refractivity contribution in [3.63, 3.8) is 0 Å². The normalized spacial score (nSPS) is 31.6. The van der Waals surface area contributed by atoms with Gasteiger partial charge in [0.15, 0.2) is 5.78 Å². The largest absolute Gasteiger partial charge is 0.382 e. The molecule has 0 aliphatic heterocycles. The van der Waals surface area contributed by atoms with Crippen LogP contribution in [0.1, 0.15) is 58.8 Å². The minimum Gasteiger partial charge on any atom is -0.382 e. The molecule has 2 unspecified atom stereocenters. The van der Waals surface area contributed by atoms with Crippen molar-refractivity contribution in [2.24, 2.45) is 11.8 Å².